The highest BCUT2D eigenvalue weighted by Gasteiger charge is 2.12. The first-order chi connectivity index (χ1) is 9.87. The third-order valence-electron chi connectivity index (χ3n) is 2.69. The molecule has 1 heterocycles. The number of hydrogen-bond acceptors (Lipinski definition) is 6. The van der Waals surface area contributed by atoms with Crippen LogP contribution < -0.4 is 5.32 Å². The SMILES string of the molecule is Cc1nnc(Sc2ccc(CNC(C)(C)C)cc2C#N)o1. The van der Waals surface area contributed by atoms with Crippen molar-refractivity contribution in [2.24, 2.45) is 0 Å². The molecule has 0 unspecified atom stereocenters. The molecule has 0 fully saturated rings. The van der Waals surface area contributed by atoms with E-state index in [4.69, 9.17) is 4.42 Å². The van der Waals surface area contributed by atoms with Gasteiger partial charge in [-0.3, -0.25) is 0 Å². The van der Waals surface area contributed by atoms with Crippen LogP contribution in [0.15, 0.2) is 32.7 Å². The second-order valence-electron chi connectivity index (χ2n) is 5.73. The summed E-state index contributed by atoms with van der Waals surface area (Å²) in [7, 11) is 0. The van der Waals surface area contributed by atoms with Crippen LogP contribution in [0, 0.1) is 18.3 Å². The molecule has 6 heteroatoms. The molecular weight excluding hydrogens is 284 g/mol. The Morgan fingerprint density at radius 2 is 2.10 bits per heavy atom. The maximum Gasteiger partial charge on any atom is 0.281 e. The number of benzene rings is 1. The zero-order chi connectivity index (χ0) is 15.5. The summed E-state index contributed by atoms with van der Waals surface area (Å²) in [5.41, 5.74) is 1.73. The standard InChI is InChI=1S/C15H18N4OS/c1-10-18-19-14(20-10)21-13-6-5-11(7-12(13)8-16)9-17-15(2,3)4/h5-7,17H,9H2,1-4H3. The molecule has 110 valence electrons. The van der Waals surface area contributed by atoms with Gasteiger partial charge in [-0.25, -0.2) is 0 Å². The quantitative estimate of drug-likeness (QED) is 0.934. The van der Waals surface area contributed by atoms with Crippen molar-refractivity contribution in [2.45, 2.75) is 49.9 Å². The molecule has 0 aliphatic carbocycles. The second-order valence-corrected chi connectivity index (χ2v) is 6.73. The van der Waals surface area contributed by atoms with Crippen LogP contribution in [-0.4, -0.2) is 15.7 Å². The molecular formula is C15H18N4OS. The maximum absolute atomic E-state index is 9.30. The van der Waals surface area contributed by atoms with Crippen LogP contribution in [0.2, 0.25) is 0 Å². The lowest BCUT2D eigenvalue weighted by Crippen LogP contribution is -2.35. The monoisotopic (exact) mass is 302 g/mol. The van der Waals surface area contributed by atoms with E-state index in [0.29, 0.717) is 16.7 Å². The first kappa shape index (κ1) is 15.5. The van der Waals surface area contributed by atoms with Crippen molar-refractivity contribution in [3.8, 4) is 6.07 Å². The zero-order valence-corrected chi connectivity index (χ0v) is 13.4. The Hall–Kier alpha value is -1.84. The first-order valence-corrected chi connectivity index (χ1v) is 7.45. The normalized spacial score (nSPS) is 11.4. The number of nitriles is 1. The molecule has 0 aliphatic heterocycles. The zero-order valence-electron chi connectivity index (χ0n) is 12.6. The van der Waals surface area contributed by atoms with Crippen molar-refractivity contribution in [3.63, 3.8) is 0 Å². The van der Waals surface area contributed by atoms with Gasteiger partial charge in [0, 0.05) is 23.9 Å². The summed E-state index contributed by atoms with van der Waals surface area (Å²) in [5.74, 6) is 0.516. The molecule has 0 amide bonds. The predicted molar refractivity (Wildman–Crippen MR) is 80.9 cm³/mol. The number of rotatable bonds is 4. The molecule has 2 rings (SSSR count). The van der Waals surface area contributed by atoms with E-state index in [9.17, 15) is 5.26 Å². The molecule has 0 saturated heterocycles. The van der Waals surface area contributed by atoms with Crippen LogP contribution in [0.5, 0.6) is 0 Å². The van der Waals surface area contributed by atoms with Crippen molar-refractivity contribution < 1.29 is 4.42 Å². The van der Waals surface area contributed by atoms with E-state index in [1.165, 1.54) is 11.8 Å². The van der Waals surface area contributed by atoms with E-state index in [1.54, 1.807) is 6.92 Å². The molecule has 2 aromatic rings. The Morgan fingerprint density at radius 3 is 2.67 bits per heavy atom. The van der Waals surface area contributed by atoms with Gasteiger partial charge in [-0.1, -0.05) is 6.07 Å². The van der Waals surface area contributed by atoms with Gasteiger partial charge in [0.1, 0.15) is 6.07 Å². The summed E-state index contributed by atoms with van der Waals surface area (Å²) in [4.78, 5) is 0.820. The minimum Gasteiger partial charge on any atom is -0.416 e. The molecule has 5 nitrogen and oxygen atoms in total. The average molecular weight is 302 g/mol. The fourth-order valence-corrected chi connectivity index (χ4v) is 2.43. The molecule has 1 N–H and O–H groups in total. The van der Waals surface area contributed by atoms with Crippen LogP contribution in [0.1, 0.15) is 37.8 Å². The van der Waals surface area contributed by atoms with Crippen molar-refractivity contribution >= 4 is 11.8 Å². The Balaban J connectivity index is 2.15. The Morgan fingerprint density at radius 1 is 1.33 bits per heavy atom. The molecule has 0 aliphatic rings. The van der Waals surface area contributed by atoms with Crippen LogP contribution in [0.25, 0.3) is 0 Å². The summed E-state index contributed by atoms with van der Waals surface area (Å²) in [6.07, 6.45) is 0. The lowest BCUT2D eigenvalue weighted by atomic mass is 10.1. The number of aryl methyl sites for hydroxylation is 1. The summed E-state index contributed by atoms with van der Waals surface area (Å²) in [6, 6.07) is 8.04. The molecule has 0 saturated carbocycles. The predicted octanol–water partition coefficient (Wildman–Crippen LogP) is 3.29. The second kappa shape index (κ2) is 6.29. The van der Waals surface area contributed by atoms with Gasteiger partial charge < -0.3 is 9.73 Å². The van der Waals surface area contributed by atoms with Crippen molar-refractivity contribution in [1.29, 1.82) is 5.26 Å². The maximum atomic E-state index is 9.30. The highest BCUT2D eigenvalue weighted by molar-refractivity contribution is 7.99. The van der Waals surface area contributed by atoms with Gasteiger partial charge in [-0.15, -0.1) is 10.2 Å². The fourth-order valence-electron chi connectivity index (χ4n) is 1.64. The van der Waals surface area contributed by atoms with Gasteiger partial charge >= 0.3 is 0 Å². The molecule has 0 bridgehead atoms. The van der Waals surface area contributed by atoms with E-state index in [1.807, 2.05) is 18.2 Å². The van der Waals surface area contributed by atoms with Crippen molar-refractivity contribution in [2.75, 3.05) is 0 Å². The molecule has 1 aromatic carbocycles. The van der Waals surface area contributed by atoms with E-state index < -0.39 is 0 Å². The molecule has 0 spiro atoms. The molecule has 0 radical (unpaired) electrons. The van der Waals surface area contributed by atoms with Gasteiger partial charge in [0.05, 0.1) is 5.56 Å². The minimum atomic E-state index is 0.0432. The minimum absolute atomic E-state index is 0.0432. The summed E-state index contributed by atoms with van der Waals surface area (Å²) in [6.45, 7) is 8.80. The van der Waals surface area contributed by atoms with E-state index in [-0.39, 0.29) is 5.54 Å². The third-order valence-corrected chi connectivity index (χ3v) is 3.61. The van der Waals surface area contributed by atoms with Crippen LogP contribution in [0.4, 0.5) is 0 Å². The molecule has 0 atom stereocenters. The van der Waals surface area contributed by atoms with Crippen LogP contribution >= 0.6 is 11.8 Å². The molecule has 1 aromatic heterocycles. The Kier molecular flexibility index (Phi) is 4.66. The lowest BCUT2D eigenvalue weighted by Gasteiger charge is -2.20. The summed E-state index contributed by atoms with van der Waals surface area (Å²) >= 11 is 1.31. The summed E-state index contributed by atoms with van der Waals surface area (Å²) in [5, 5.41) is 20.9. The highest BCUT2D eigenvalue weighted by Crippen LogP contribution is 2.29. The van der Waals surface area contributed by atoms with Crippen LogP contribution in [-0.2, 0) is 6.54 Å². The van der Waals surface area contributed by atoms with Gasteiger partial charge in [0.2, 0.25) is 5.89 Å². The van der Waals surface area contributed by atoms with Gasteiger partial charge in [0.25, 0.3) is 5.22 Å². The lowest BCUT2D eigenvalue weighted by molar-refractivity contribution is 0.424. The van der Waals surface area contributed by atoms with E-state index >= 15 is 0 Å². The van der Waals surface area contributed by atoms with E-state index in [0.717, 1.165) is 17.0 Å². The number of aromatic nitrogens is 2. The van der Waals surface area contributed by atoms with Crippen molar-refractivity contribution in [3.05, 3.63) is 35.2 Å². The van der Waals surface area contributed by atoms with Gasteiger partial charge in [0.15, 0.2) is 0 Å². The largest absolute Gasteiger partial charge is 0.416 e. The smallest absolute Gasteiger partial charge is 0.281 e. The first-order valence-electron chi connectivity index (χ1n) is 6.63. The third kappa shape index (κ3) is 4.59. The Labute approximate surface area is 128 Å². The van der Waals surface area contributed by atoms with E-state index in [2.05, 4.69) is 42.4 Å². The summed E-state index contributed by atoms with van der Waals surface area (Å²) < 4.78 is 5.33. The fraction of sp³-hybridized carbons (Fsp3) is 0.400. The Bertz CT molecular complexity index is 667. The highest BCUT2D eigenvalue weighted by atomic mass is 32.2. The topological polar surface area (TPSA) is 74.7 Å². The van der Waals surface area contributed by atoms with Crippen LogP contribution in [0.3, 0.4) is 0 Å². The van der Waals surface area contributed by atoms with Gasteiger partial charge in [-0.2, -0.15) is 5.26 Å². The molecule has 21 heavy (non-hydrogen) atoms. The number of nitrogens with one attached hydrogen (secondary N) is 1. The van der Waals surface area contributed by atoms with Crippen molar-refractivity contribution in [1.82, 2.24) is 15.5 Å². The number of nitrogens with zero attached hydrogens (tertiary/aromatic N) is 3. The van der Waals surface area contributed by atoms with Gasteiger partial charge in [-0.05, 0) is 50.2 Å². The average Bonchev–Trinajstić information content (AvgIpc) is 2.82. The number of hydrogen-bond donors (Lipinski definition) is 1.